The standard InChI is InChI=1S/C28H31ClF2N2O3S/c1-36-20-6-7-25-22(17-20)26(23(29)18-32-25)24(31)8-9-28(27(34)35)10-13-33(14-11-28)12-3-15-37-21-5-2-4-19(30)16-21/h2,4-7,16-18,24H,3,8-15H2,1H3,(H,34,35). The zero-order valence-electron chi connectivity index (χ0n) is 20.8. The van der Waals surface area contributed by atoms with Gasteiger partial charge < -0.3 is 14.7 Å². The number of methoxy groups -OCH3 is 1. The quantitative estimate of drug-likeness (QED) is 0.202. The summed E-state index contributed by atoms with van der Waals surface area (Å²) < 4.78 is 34.2. The summed E-state index contributed by atoms with van der Waals surface area (Å²) in [6, 6.07) is 11.8. The molecule has 3 aromatic rings. The number of alkyl halides is 1. The summed E-state index contributed by atoms with van der Waals surface area (Å²) >= 11 is 7.97. The van der Waals surface area contributed by atoms with Crippen molar-refractivity contribution in [3.63, 3.8) is 0 Å². The van der Waals surface area contributed by atoms with Gasteiger partial charge >= 0.3 is 5.97 Å². The average Bonchev–Trinajstić information content (AvgIpc) is 2.90. The van der Waals surface area contributed by atoms with Gasteiger partial charge in [0.2, 0.25) is 0 Å². The third kappa shape index (κ3) is 6.72. The Balaban J connectivity index is 1.33. The molecule has 1 atom stereocenters. The number of rotatable bonds is 11. The van der Waals surface area contributed by atoms with Crippen molar-refractivity contribution in [2.24, 2.45) is 5.41 Å². The second-order valence-corrected chi connectivity index (χ2v) is 11.1. The maximum atomic E-state index is 15.6. The van der Waals surface area contributed by atoms with Crippen molar-refractivity contribution >= 4 is 40.2 Å². The van der Waals surface area contributed by atoms with E-state index >= 15 is 4.39 Å². The van der Waals surface area contributed by atoms with Gasteiger partial charge in [0.25, 0.3) is 0 Å². The van der Waals surface area contributed by atoms with Crippen LogP contribution in [0.4, 0.5) is 8.78 Å². The second-order valence-electron chi connectivity index (χ2n) is 9.50. The monoisotopic (exact) mass is 548 g/mol. The third-order valence-corrected chi connectivity index (χ3v) is 8.59. The van der Waals surface area contributed by atoms with Crippen LogP contribution in [0.15, 0.2) is 53.6 Å². The fraction of sp³-hybridized carbons (Fsp3) is 0.429. The topological polar surface area (TPSA) is 62.7 Å². The number of thioether (sulfide) groups is 1. The predicted molar refractivity (Wildman–Crippen MR) is 144 cm³/mol. The Morgan fingerprint density at radius 1 is 1.27 bits per heavy atom. The van der Waals surface area contributed by atoms with Gasteiger partial charge in [-0.1, -0.05) is 17.7 Å². The first-order valence-electron chi connectivity index (χ1n) is 12.4. The molecule has 0 spiro atoms. The molecule has 9 heteroatoms. The molecule has 1 saturated heterocycles. The van der Waals surface area contributed by atoms with Gasteiger partial charge in [0.1, 0.15) is 17.7 Å². The highest BCUT2D eigenvalue weighted by atomic mass is 35.5. The van der Waals surface area contributed by atoms with Crippen molar-refractivity contribution in [1.82, 2.24) is 9.88 Å². The molecule has 1 N–H and O–H groups in total. The molecule has 4 rings (SSSR count). The summed E-state index contributed by atoms with van der Waals surface area (Å²) in [5, 5.41) is 10.9. The summed E-state index contributed by atoms with van der Waals surface area (Å²) in [6.45, 7) is 2.16. The molecular weight excluding hydrogens is 518 g/mol. The number of piperidine rings is 1. The van der Waals surface area contributed by atoms with Crippen LogP contribution in [-0.2, 0) is 4.79 Å². The van der Waals surface area contributed by atoms with E-state index in [9.17, 15) is 14.3 Å². The normalized spacial score (nSPS) is 16.5. The molecule has 2 aromatic carbocycles. The highest BCUT2D eigenvalue weighted by Gasteiger charge is 2.41. The number of halogens is 3. The summed E-state index contributed by atoms with van der Waals surface area (Å²) in [4.78, 5) is 19.8. The van der Waals surface area contributed by atoms with E-state index in [1.54, 1.807) is 36.0 Å². The molecule has 37 heavy (non-hydrogen) atoms. The molecule has 2 heterocycles. The molecule has 1 aliphatic heterocycles. The summed E-state index contributed by atoms with van der Waals surface area (Å²) in [5.74, 6) is 0.335. The third-order valence-electron chi connectivity index (χ3n) is 7.21. The van der Waals surface area contributed by atoms with Crippen LogP contribution in [0.5, 0.6) is 5.75 Å². The number of likely N-dealkylation sites (tertiary alicyclic amines) is 1. The number of hydrogen-bond acceptors (Lipinski definition) is 5. The van der Waals surface area contributed by atoms with Gasteiger partial charge in [0.15, 0.2) is 0 Å². The number of carboxylic acid groups (broad SMARTS) is 1. The molecule has 0 radical (unpaired) electrons. The van der Waals surface area contributed by atoms with Crippen molar-refractivity contribution in [3.05, 3.63) is 65.1 Å². The summed E-state index contributed by atoms with van der Waals surface area (Å²) in [6.07, 6.45) is 2.19. The number of fused-ring (bicyclic) bond motifs is 1. The molecule has 0 amide bonds. The maximum Gasteiger partial charge on any atom is 0.309 e. The number of pyridine rings is 1. The predicted octanol–water partition coefficient (Wildman–Crippen LogP) is 7.18. The van der Waals surface area contributed by atoms with E-state index in [1.807, 2.05) is 6.07 Å². The smallest absolute Gasteiger partial charge is 0.309 e. The number of aromatic nitrogens is 1. The van der Waals surface area contributed by atoms with Crippen LogP contribution in [0.1, 0.15) is 43.8 Å². The number of nitrogens with zero attached hydrogens (tertiary/aromatic N) is 2. The lowest BCUT2D eigenvalue weighted by Gasteiger charge is -2.39. The highest BCUT2D eigenvalue weighted by molar-refractivity contribution is 7.99. The van der Waals surface area contributed by atoms with Gasteiger partial charge in [-0.05, 0) is 93.9 Å². The first kappa shape index (κ1) is 27.6. The van der Waals surface area contributed by atoms with Gasteiger partial charge in [0.05, 0.1) is 23.1 Å². The lowest BCUT2D eigenvalue weighted by molar-refractivity contribution is -0.153. The minimum Gasteiger partial charge on any atom is -0.497 e. The molecule has 1 aliphatic rings. The van der Waals surface area contributed by atoms with Crippen LogP contribution in [0.3, 0.4) is 0 Å². The van der Waals surface area contributed by atoms with Gasteiger partial charge in [-0.2, -0.15) is 0 Å². The zero-order chi connectivity index (χ0) is 26.4. The van der Waals surface area contributed by atoms with E-state index in [-0.39, 0.29) is 23.7 Å². The van der Waals surface area contributed by atoms with E-state index in [0.29, 0.717) is 48.1 Å². The number of carboxylic acids is 1. The molecular formula is C28H31ClF2N2O3S. The Kier molecular flexibility index (Phi) is 9.27. The van der Waals surface area contributed by atoms with E-state index in [4.69, 9.17) is 16.3 Å². The molecule has 198 valence electrons. The Hall–Kier alpha value is -2.42. The lowest BCUT2D eigenvalue weighted by Crippen LogP contribution is -2.44. The van der Waals surface area contributed by atoms with Gasteiger partial charge in [-0.15, -0.1) is 11.8 Å². The minimum absolute atomic E-state index is 0.0621. The first-order valence-corrected chi connectivity index (χ1v) is 13.8. The molecule has 0 saturated carbocycles. The molecule has 1 unspecified atom stereocenters. The average molecular weight is 549 g/mol. The van der Waals surface area contributed by atoms with Crippen LogP contribution in [0.25, 0.3) is 10.9 Å². The largest absolute Gasteiger partial charge is 0.497 e. The van der Waals surface area contributed by atoms with Crippen LogP contribution in [0, 0.1) is 11.2 Å². The van der Waals surface area contributed by atoms with Crippen molar-refractivity contribution in [3.8, 4) is 5.75 Å². The first-order chi connectivity index (χ1) is 17.8. The van der Waals surface area contributed by atoms with Gasteiger partial charge in [0, 0.05) is 22.0 Å². The highest BCUT2D eigenvalue weighted by Crippen LogP contribution is 2.42. The molecule has 0 aliphatic carbocycles. The number of hydrogen-bond donors (Lipinski definition) is 1. The van der Waals surface area contributed by atoms with Crippen LogP contribution < -0.4 is 4.74 Å². The van der Waals surface area contributed by atoms with E-state index in [2.05, 4.69) is 9.88 Å². The molecule has 0 bridgehead atoms. The van der Waals surface area contributed by atoms with E-state index < -0.39 is 17.6 Å². The van der Waals surface area contributed by atoms with Crippen molar-refractivity contribution in [2.45, 2.75) is 43.2 Å². The van der Waals surface area contributed by atoms with Crippen LogP contribution in [0.2, 0.25) is 5.02 Å². The fourth-order valence-corrected chi connectivity index (χ4v) is 6.12. The number of ether oxygens (including phenoxy) is 1. The fourth-order valence-electron chi connectivity index (χ4n) is 4.97. The summed E-state index contributed by atoms with van der Waals surface area (Å²) in [7, 11) is 1.54. The number of aliphatic carboxylic acids is 1. The van der Waals surface area contributed by atoms with Crippen molar-refractivity contribution < 1.29 is 23.4 Å². The second kappa shape index (κ2) is 12.4. The Labute approximate surface area is 225 Å². The number of carbonyl (C=O) groups is 1. The SMILES string of the molecule is COc1ccc2ncc(Cl)c(C(F)CCC3(C(=O)O)CCN(CCCSc4cccc(F)c4)CC3)c2c1. The van der Waals surface area contributed by atoms with E-state index in [0.717, 1.165) is 23.6 Å². The van der Waals surface area contributed by atoms with Gasteiger partial charge in [-0.3, -0.25) is 9.78 Å². The van der Waals surface area contributed by atoms with Crippen LogP contribution in [-0.4, -0.2) is 53.5 Å². The maximum absolute atomic E-state index is 15.6. The zero-order valence-corrected chi connectivity index (χ0v) is 22.3. The van der Waals surface area contributed by atoms with Crippen LogP contribution >= 0.6 is 23.4 Å². The van der Waals surface area contributed by atoms with Gasteiger partial charge in [-0.25, -0.2) is 8.78 Å². The van der Waals surface area contributed by atoms with Crippen molar-refractivity contribution in [1.29, 1.82) is 0 Å². The summed E-state index contributed by atoms with van der Waals surface area (Å²) in [5.41, 5.74) is -0.0107. The Morgan fingerprint density at radius 2 is 2.05 bits per heavy atom. The minimum atomic E-state index is -1.42. The lowest BCUT2D eigenvalue weighted by atomic mass is 9.74. The molecule has 5 nitrogen and oxygen atoms in total. The van der Waals surface area contributed by atoms with Crippen molar-refractivity contribution in [2.75, 3.05) is 32.5 Å². The number of benzene rings is 2. The molecule has 1 fully saturated rings. The van der Waals surface area contributed by atoms with E-state index in [1.165, 1.54) is 25.4 Å². The molecule has 1 aromatic heterocycles. The Morgan fingerprint density at radius 3 is 2.76 bits per heavy atom. The Bertz CT molecular complexity index is 1240.